The second kappa shape index (κ2) is 7.41. The number of aromatic nitrogens is 1. The molecule has 4 nitrogen and oxygen atoms in total. The van der Waals surface area contributed by atoms with Crippen LogP contribution >= 0.6 is 11.6 Å². The third-order valence-electron chi connectivity index (χ3n) is 3.21. The fraction of sp³-hybridized carbons (Fsp3) is 0.312. The van der Waals surface area contributed by atoms with Crippen molar-refractivity contribution in [2.24, 2.45) is 0 Å². The van der Waals surface area contributed by atoms with E-state index in [0.717, 1.165) is 16.9 Å². The maximum Gasteiger partial charge on any atom is 0.186 e. The number of hydrogen-bond donors (Lipinski definition) is 1. The van der Waals surface area contributed by atoms with Gasteiger partial charge in [-0.3, -0.25) is 4.79 Å². The van der Waals surface area contributed by atoms with E-state index in [1.807, 2.05) is 42.0 Å². The molecule has 112 valence electrons. The molecule has 1 heterocycles. The first-order valence-corrected chi connectivity index (χ1v) is 7.17. The molecule has 1 N–H and O–H groups in total. The van der Waals surface area contributed by atoms with Crippen LogP contribution in [0.2, 0.25) is 5.02 Å². The Kier molecular flexibility index (Phi) is 5.56. The maximum absolute atomic E-state index is 12.0. The molecule has 0 saturated carbocycles. The fourth-order valence-electron chi connectivity index (χ4n) is 2.11. The molecule has 2 rings (SSSR count). The molecule has 5 heteroatoms. The molecule has 0 radical (unpaired) electrons. The van der Waals surface area contributed by atoms with Crippen molar-refractivity contribution in [3.63, 3.8) is 0 Å². The zero-order valence-corrected chi connectivity index (χ0v) is 13.0. The molecular formula is C16H19ClN2O2. The van der Waals surface area contributed by atoms with Crippen molar-refractivity contribution in [3.05, 3.63) is 63.0 Å². The van der Waals surface area contributed by atoms with E-state index >= 15 is 0 Å². The highest BCUT2D eigenvalue weighted by atomic mass is 35.5. The number of hydrogen-bond acceptors (Lipinski definition) is 3. The number of ether oxygens (including phenoxy) is 1. The Morgan fingerprint density at radius 2 is 2.14 bits per heavy atom. The van der Waals surface area contributed by atoms with Crippen molar-refractivity contribution in [3.8, 4) is 5.69 Å². The number of benzene rings is 1. The van der Waals surface area contributed by atoms with E-state index in [4.69, 9.17) is 16.3 Å². The minimum absolute atomic E-state index is 0.0377. The third-order valence-corrected chi connectivity index (χ3v) is 3.44. The number of rotatable bonds is 6. The van der Waals surface area contributed by atoms with Crippen molar-refractivity contribution in [2.45, 2.75) is 13.5 Å². The number of pyridine rings is 1. The normalized spacial score (nSPS) is 10.8. The molecule has 0 bridgehead atoms. The van der Waals surface area contributed by atoms with Gasteiger partial charge in [-0.15, -0.1) is 0 Å². The van der Waals surface area contributed by atoms with Crippen molar-refractivity contribution in [2.75, 3.05) is 20.3 Å². The van der Waals surface area contributed by atoms with Gasteiger partial charge in [0.05, 0.1) is 6.61 Å². The summed E-state index contributed by atoms with van der Waals surface area (Å²) in [6.07, 6.45) is 1.86. The summed E-state index contributed by atoms with van der Waals surface area (Å²) >= 11 is 6.04. The van der Waals surface area contributed by atoms with Crippen LogP contribution in [0.3, 0.4) is 0 Å². The molecule has 21 heavy (non-hydrogen) atoms. The van der Waals surface area contributed by atoms with Crippen LogP contribution in [-0.2, 0) is 11.3 Å². The molecule has 0 saturated heterocycles. The predicted molar refractivity (Wildman–Crippen MR) is 85.4 cm³/mol. The Hall–Kier alpha value is -1.62. The number of halogens is 1. The van der Waals surface area contributed by atoms with Gasteiger partial charge in [-0.05, 0) is 25.1 Å². The van der Waals surface area contributed by atoms with E-state index in [2.05, 4.69) is 5.32 Å². The molecule has 1 aromatic carbocycles. The SMILES string of the molecule is COCCNCc1cn(-c2cccc(Cl)c2)c(C)cc1=O. The maximum atomic E-state index is 12.0. The van der Waals surface area contributed by atoms with E-state index in [0.29, 0.717) is 24.7 Å². The van der Waals surface area contributed by atoms with E-state index in [1.54, 1.807) is 13.2 Å². The lowest BCUT2D eigenvalue weighted by Crippen LogP contribution is -2.24. The van der Waals surface area contributed by atoms with Crippen LogP contribution in [0.5, 0.6) is 0 Å². The third kappa shape index (κ3) is 4.17. The van der Waals surface area contributed by atoms with Gasteiger partial charge in [0.1, 0.15) is 0 Å². The standard InChI is InChI=1S/C16H19ClN2O2/c1-12-8-16(20)13(10-18-6-7-21-2)11-19(12)15-5-3-4-14(17)9-15/h3-5,8-9,11,18H,6-7,10H2,1-2H3. The Bertz CT molecular complexity index is 668. The average molecular weight is 307 g/mol. The molecule has 0 atom stereocenters. The topological polar surface area (TPSA) is 43.3 Å². The van der Waals surface area contributed by atoms with Gasteiger partial charge in [-0.25, -0.2) is 0 Å². The molecule has 1 aromatic heterocycles. The van der Waals surface area contributed by atoms with Crippen LogP contribution in [0.15, 0.2) is 41.3 Å². The summed E-state index contributed by atoms with van der Waals surface area (Å²) in [6.45, 7) is 3.75. The molecule has 0 amide bonds. The highest BCUT2D eigenvalue weighted by Gasteiger charge is 2.06. The average Bonchev–Trinajstić information content (AvgIpc) is 2.45. The fourth-order valence-corrected chi connectivity index (χ4v) is 2.29. The van der Waals surface area contributed by atoms with Gasteiger partial charge in [0.2, 0.25) is 0 Å². The molecule has 0 fully saturated rings. The zero-order chi connectivity index (χ0) is 15.2. The summed E-state index contributed by atoms with van der Waals surface area (Å²) in [6, 6.07) is 9.21. The van der Waals surface area contributed by atoms with Gasteiger partial charge in [-0.2, -0.15) is 0 Å². The van der Waals surface area contributed by atoms with Crippen molar-refractivity contribution < 1.29 is 4.74 Å². The van der Waals surface area contributed by atoms with Crippen molar-refractivity contribution in [1.82, 2.24) is 9.88 Å². The summed E-state index contributed by atoms with van der Waals surface area (Å²) in [5.41, 5.74) is 2.58. The van der Waals surface area contributed by atoms with Crippen LogP contribution in [-0.4, -0.2) is 24.8 Å². The Balaban J connectivity index is 2.28. The van der Waals surface area contributed by atoms with Crippen LogP contribution in [0, 0.1) is 6.92 Å². The molecule has 0 aliphatic carbocycles. The first-order chi connectivity index (χ1) is 10.1. The van der Waals surface area contributed by atoms with Crippen LogP contribution in [0.1, 0.15) is 11.3 Å². The minimum atomic E-state index is 0.0377. The van der Waals surface area contributed by atoms with Gasteiger partial charge >= 0.3 is 0 Å². The number of nitrogens with one attached hydrogen (secondary N) is 1. The van der Waals surface area contributed by atoms with E-state index < -0.39 is 0 Å². The largest absolute Gasteiger partial charge is 0.383 e. The predicted octanol–water partition coefficient (Wildman–Crippen LogP) is 2.54. The molecule has 0 aliphatic rings. The molecule has 0 spiro atoms. The second-order valence-electron chi connectivity index (χ2n) is 4.82. The number of aryl methyl sites for hydroxylation is 1. The summed E-state index contributed by atoms with van der Waals surface area (Å²) in [5.74, 6) is 0. The van der Waals surface area contributed by atoms with Crippen LogP contribution in [0.4, 0.5) is 0 Å². The van der Waals surface area contributed by atoms with Gasteiger partial charge in [0.15, 0.2) is 5.43 Å². The molecule has 0 unspecified atom stereocenters. The Labute approximate surface area is 129 Å². The quantitative estimate of drug-likeness (QED) is 0.834. The van der Waals surface area contributed by atoms with Crippen molar-refractivity contribution >= 4 is 11.6 Å². The van der Waals surface area contributed by atoms with Crippen molar-refractivity contribution in [1.29, 1.82) is 0 Å². The van der Waals surface area contributed by atoms with Crippen LogP contribution in [0.25, 0.3) is 5.69 Å². The Morgan fingerprint density at radius 3 is 2.86 bits per heavy atom. The van der Waals surface area contributed by atoms with Gasteiger partial charge in [0, 0.05) is 54.4 Å². The highest BCUT2D eigenvalue weighted by molar-refractivity contribution is 6.30. The minimum Gasteiger partial charge on any atom is -0.383 e. The smallest absolute Gasteiger partial charge is 0.186 e. The number of nitrogens with zero attached hydrogens (tertiary/aromatic N) is 1. The second-order valence-corrected chi connectivity index (χ2v) is 5.26. The van der Waals surface area contributed by atoms with Gasteiger partial charge in [0.25, 0.3) is 0 Å². The molecule has 2 aromatic rings. The lowest BCUT2D eigenvalue weighted by molar-refractivity contribution is 0.199. The van der Waals surface area contributed by atoms with Gasteiger partial charge < -0.3 is 14.6 Å². The summed E-state index contributed by atoms with van der Waals surface area (Å²) in [5, 5.41) is 3.86. The first-order valence-electron chi connectivity index (χ1n) is 6.79. The highest BCUT2D eigenvalue weighted by Crippen LogP contribution is 2.16. The summed E-state index contributed by atoms with van der Waals surface area (Å²) in [7, 11) is 1.65. The number of methoxy groups -OCH3 is 1. The van der Waals surface area contributed by atoms with E-state index in [1.165, 1.54) is 0 Å². The van der Waals surface area contributed by atoms with E-state index in [-0.39, 0.29) is 5.43 Å². The van der Waals surface area contributed by atoms with E-state index in [9.17, 15) is 4.79 Å². The zero-order valence-electron chi connectivity index (χ0n) is 12.2. The van der Waals surface area contributed by atoms with Crippen LogP contribution < -0.4 is 10.7 Å². The monoisotopic (exact) mass is 306 g/mol. The summed E-state index contributed by atoms with van der Waals surface area (Å²) in [4.78, 5) is 12.0. The first kappa shape index (κ1) is 15.8. The Morgan fingerprint density at radius 1 is 1.33 bits per heavy atom. The van der Waals surface area contributed by atoms with Gasteiger partial charge in [-0.1, -0.05) is 17.7 Å². The molecular weight excluding hydrogens is 288 g/mol. The lowest BCUT2D eigenvalue weighted by atomic mass is 10.2. The summed E-state index contributed by atoms with van der Waals surface area (Å²) < 4.78 is 6.95. The molecule has 0 aliphatic heterocycles. The lowest BCUT2D eigenvalue weighted by Gasteiger charge is -2.13.